The molecule has 0 heterocycles. The first-order chi connectivity index (χ1) is 16.6. The topological polar surface area (TPSA) is 86.8 Å². The van der Waals surface area contributed by atoms with E-state index in [9.17, 15) is 18.0 Å². The Kier molecular flexibility index (Phi) is 11.5. The summed E-state index contributed by atoms with van der Waals surface area (Å²) in [5.41, 5.74) is 0.668. The highest BCUT2D eigenvalue weighted by atomic mass is 35.5. The molecule has 0 radical (unpaired) electrons. The Morgan fingerprint density at radius 1 is 1.06 bits per heavy atom. The van der Waals surface area contributed by atoms with Gasteiger partial charge in [-0.3, -0.25) is 9.59 Å². The van der Waals surface area contributed by atoms with Crippen LogP contribution >= 0.6 is 23.2 Å². The van der Waals surface area contributed by atoms with Gasteiger partial charge in [-0.2, -0.15) is 0 Å². The van der Waals surface area contributed by atoms with Crippen molar-refractivity contribution in [3.05, 3.63) is 64.1 Å². The normalized spacial score (nSPS) is 12.4. The van der Waals surface area contributed by atoms with Gasteiger partial charge in [0.05, 0.1) is 4.90 Å². The second kappa shape index (κ2) is 13.8. The smallest absolute Gasteiger partial charge is 0.242 e. The number of rotatable bonds is 13. The van der Waals surface area contributed by atoms with Gasteiger partial charge < -0.3 is 10.2 Å². The van der Waals surface area contributed by atoms with Crippen molar-refractivity contribution < 1.29 is 18.0 Å². The van der Waals surface area contributed by atoms with Crippen LogP contribution < -0.4 is 5.32 Å². The van der Waals surface area contributed by atoms with E-state index in [1.54, 1.807) is 43.3 Å². The van der Waals surface area contributed by atoms with Crippen molar-refractivity contribution in [3.63, 3.8) is 0 Å². The second-order valence-electron chi connectivity index (χ2n) is 8.32. The van der Waals surface area contributed by atoms with E-state index < -0.39 is 16.1 Å². The summed E-state index contributed by atoms with van der Waals surface area (Å²) in [7, 11) is -2.16. The molecule has 0 aromatic heterocycles. The van der Waals surface area contributed by atoms with Gasteiger partial charge in [-0.05, 0) is 49.6 Å². The third-order valence-electron chi connectivity index (χ3n) is 5.67. The number of benzene rings is 2. The highest BCUT2D eigenvalue weighted by molar-refractivity contribution is 7.89. The fourth-order valence-electron chi connectivity index (χ4n) is 3.44. The molecule has 0 aliphatic heterocycles. The van der Waals surface area contributed by atoms with Gasteiger partial charge in [0.25, 0.3) is 0 Å². The molecule has 0 aliphatic carbocycles. The van der Waals surface area contributed by atoms with Gasteiger partial charge in [-0.15, -0.1) is 0 Å². The van der Waals surface area contributed by atoms with E-state index in [0.717, 1.165) is 12.8 Å². The van der Waals surface area contributed by atoms with Gasteiger partial charge in [0.1, 0.15) is 6.04 Å². The third kappa shape index (κ3) is 8.49. The lowest BCUT2D eigenvalue weighted by Gasteiger charge is -2.29. The molecule has 0 unspecified atom stereocenters. The SMILES string of the molecule is CCCCNC(=O)[C@@H](C)N(Cc1ccc(Cl)cc1Cl)C(=O)CCCN(C)S(=O)(=O)c1ccccc1. The Hall–Kier alpha value is -2.13. The maximum atomic E-state index is 13.2. The number of carbonyl (C=O) groups is 2. The largest absolute Gasteiger partial charge is 0.354 e. The van der Waals surface area contributed by atoms with Crippen LogP contribution in [0.25, 0.3) is 0 Å². The number of carbonyl (C=O) groups excluding carboxylic acids is 2. The van der Waals surface area contributed by atoms with Gasteiger partial charge in [-0.25, -0.2) is 12.7 Å². The number of nitrogens with one attached hydrogen (secondary N) is 1. The second-order valence-corrected chi connectivity index (χ2v) is 11.2. The van der Waals surface area contributed by atoms with Crippen molar-refractivity contribution in [1.29, 1.82) is 0 Å². The molecule has 0 bridgehead atoms. The molecule has 0 saturated carbocycles. The molecule has 2 amide bonds. The molecule has 0 aliphatic rings. The molecule has 2 aromatic rings. The highest BCUT2D eigenvalue weighted by Crippen LogP contribution is 2.24. The molecular weight excluding hydrogens is 509 g/mol. The standard InChI is InChI=1S/C25H33Cl2N3O4S/c1-4-5-15-28-25(32)19(2)30(18-20-13-14-21(26)17-23(20)27)24(31)12-9-16-29(3)35(33,34)22-10-7-6-8-11-22/h6-8,10-11,13-14,17,19H,4-5,9,12,15-16,18H2,1-3H3,(H,28,32)/t19-/m1/s1. The molecule has 0 spiro atoms. The van der Waals surface area contributed by atoms with Crippen molar-refractivity contribution >= 4 is 45.0 Å². The zero-order valence-corrected chi connectivity index (χ0v) is 22.7. The zero-order valence-electron chi connectivity index (χ0n) is 20.3. The number of hydrogen-bond acceptors (Lipinski definition) is 4. The number of nitrogens with zero attached hydrogens (tertiary/aromatic N) is 2. The number of sulfonamides is 1. The lowest BCUT2D eigenvalue weighted by molar-refractivity contribution is -0.140. The first kappa shape index (κ1) is 29.1. The van der Waals surface area contributed by atoms with E-state index in [2.05, 4.69) is 5.32 Å². The predicted octanol–water partition coefficient (Wildman–Crippen LogP) is 4.73. The molecule has 10 heteroatoms. The Morgan fingerprint density at radius 2 is 1.74 bits per heavy atom. The predicted molar refractivity (Wildman–Crippen MR) is 140 cm³/mol. The molecule has 35 heavy (non-hydrogen) atoms. The molecule has 0 fully saturated rings. The van der Waals surface area contributed by atoms with Crippen molar-refractivity contribution in [3.8, 4) is 0 Å². The van der Waals surface area contributed by atoms with Crippen LogP contribution in [-0.2, 0) is 26.2 Å². The van der Waals surface area contributed by atoms with Crippen LogP contribution in [0.1, 0.15) is 45.1 Å². The van der Waals surface area contributed by atoms with Crippen molar-refractivity contribution in [2.24, 2.45) is 0 Å². The summed E-state index contributed by atoms with van der Waals surface area (Å²) in [6, 6.07) is 12.4. The fourth-order valence-corrected chi connectivity index (χ4v) is 5.14. The molecule has 1 atom stereocenters. The molecule has 7 nitrogen and oxygen atoms in total. The van der Waals surface area contributed by atoms with Crippen LogP contribution in [0.5, 0.6) is 0 Å². The Balaban J connectivity index is 2.10. The van der Waals surface area contributed by atoms with Gasteiger partial charge in [-0.1, -0.05) is 60.8 Å². The summed E-state index contributed by atoms with van der Waals surface area (Å²) >= 11 is 12.3. The minimum absolute atomic E-state index is 0.0758. The Labute approximate surface area is 218 Å². The van der Waals surface area contributed by atoms with Crippen molar-refractivity contribution in [2.45, 2.75) is 57.0 Å². The molecular formula is C25H33Cl2N3O4S. The minimum Gasteiger partial charge on any atom is -0.354 e. The first-order valence-corrected chi connectivity index (χ1v) is 13.8. The Bertz CT molecular complexity index is 1100. The zero-order chi connectivity index (χ0) is 26.0. The van der Waals surface area contributed by atoms with E-state index in [1.165, 1.54) is 28.4 Å². The third-order valence-corrected chi connectivity index (χ3v) is 8.13. The van der Waals surface area contributed by atoms with Gasteiger partial charge in [0.15, 0.2) is 0 Å². The van der Waals surface area contributed by atoms with Gasteiger partial charge in [0, 0.05) is 43.1 Å². The lowest BCUT2D eigenvalue weighted by atomic mass is 10.1. The molecule has 0 saturated heterocycles. The number of unbranched alkanes of at least 4 members (excludes halogenated alkanes) is 1. The maximum Gasteiger partial charge on any atom is 0.242 e. The van der Waals surface area contributed by atoms with E-state index >= 15 is 0 Å². The van der Waals surface area contributed by atoms with Crippen LogP contribution in [0.15, 0.2) is 53.4 Å². The molecule has 192 valence electrons. The quantitative estimate of drug-likeness (QED) is 0.371. The maximum absolute atomic E-state index is 13.2. The minimum atomic E-state index is -3.64. The van der Waals surface area contributed by atoms with Crippen LogP contribution in [0.4, 0.5) is 0 Å². The summed E-state index contributed by atoms with van der Waals surface area (Å²) in [4.78, 5) is 27.6. The van der Waals surface area contributed by atoms with Crippen LogP contribution in [0.3, 0.4) is 0 Å². The van der Waals surface area contributed by atoms with E-state index in [-0.39, 0.29) is 36.2 Å². The van der Waals surface area contributed by atoms with Gasteiger partial charge >= 0.3 is 0 Å². The van der Waals surface area contributed by atoms with E-state index in [1.807, 2.05) is 6.92 Å². The summed E-state index contributed by atoms with van der Waals surface area (Å²) < 4.78 is 26.7. The number of hydrogen-bond donors (Lipinski definition) is 1. The molecule has 1 N–H and O–H groups in total. The number of amides is 2. The first-order valence-electron chi connectivity index (χ1n) is 11.6. The molecule has 2 aromatic carbocycles. The molecule has 2 rings (SSSR count). The van der Waals surface area contributed by atoms with Crippen LogP contribution in [0.2, 0.25) is 10.0 Å². The summed E-state index contributed by atoms with van der Waals surface area (Å²) in [5, 5.41) is 3.75. The summed E-state index contributed by atoms with van der Waals surface area (Å²) in [6.07, 6.45) is 2.16. The highest BCUT2D eigenvalue weighted by Gasteiger charge is 2.27. The van der Waals surface area contributed by atoms with Crippen molar-refractivity contribution in [2.75, 3.05) is 20.1 Å². The van der Waals surface area contributed by atoms with Gasteiger partial charge in [0.2, 0.25) is 21.8 Å². The van der Waals surface area contributed by atoms with E-state index in [0.29, 0.717) is 28.6 Å². The Morgan fingerprint density at radius 3 is 2.37 bits per heavy atom. The summed E-state index contributed by atoms with van der Waals surface area (Å²) in [5.74, 6) is -0.514. The van der Waals surface area contributed by atoms with Crippen LogP contribution in [0, 0.1) is 0 Å². The van der Waals surface area contributed by atoms with Crippen molar-refractivity contribution in [1.82, 2.24) is 14.5 Å². The van der Waals surface area contributed by atoms with E-state index in [4.69, 9.17) is 23.2 Å². The fraction of sp³-hybridized carbons (Fsp3) is 0.440. The monoisotopic (exact) mass is 541 g/mol. The van der Waals surface area contributed by atoms with Crippen LogP contribution in [-0.4, -0.2) is 55.6 Å². The summed E-state index contributed by atoms with van der Waals surface area (Å²) in [6.45, 7) is 4.54. The average Bonchev–Trinajstić information content (AvgIpc) is 2.83. The lowest BCUT2D eigenvalue weighted by Crippen LogP contribution is -2.48. The number of halogens is 2. The average molecular weight is 543 g/mol.